The Morgan fingerprint density at radius 1 is 1.22 bits per heavy atom. The Kier molecular flexibility index (Phi) is 3.64. The number of nitro benzene ring substituents is 1. The van der Waals surface area contributed by atoms with Crippen LogP contribution >= 0.6 is 0 Å². The average molecular weight is 310 g/mol. The summed E-state index contributed by atoms with van der Waals surface area (Å²) in [6.45, 7) is 1.97. The lowest BCUT2D eigenvalue weighted by Gasteiger charge is -2.28. The lowest BCUT2D eigenvalue weighted by atomic mass is 9.74. The molecule has 3 rings (SSSR count). The van der Waals surface area contributed by atoms with Crippen LogP contribution in [0.15, 0.2) is 42.5 Å². The summed E-state index contributed by atoms with van der Waals surface area (Å²) in [4.78, 5) is 23.1. The number of amides is 1. The maximum atomic E-state index is 12.4. The van der Waals surface area contributed by atoms with Crippen LogP contribution in [0.3, 0.4) is 0 Å². The maximum absolute atomic E-state index is 12.4. The number of nitrogens with zero attached hydrogens (tertiary/aromatic N) is 1. The molecule has 5 nitrogen and oxygen atoms in total. The Bertz CT molecular complexity index is 774. The number of rotatable bonds is 4. The maximum Gasteiger partial charge on any atom is 0.269 e. The number of fused-ring (bicyclic) bond motifs is 1. The molecule has 1 aliphatic carbocycles. The van der Waals surface area contributed by atoms with Gasteiger partial charge in [0.25, 0.3) is 5.69 Å². The Labute approximate surface area is 134 Å². The monoisotopic (exact) mass is 310 g/mol. The van der Waals surface area contributed by atoms with E-state index in [9.17, 15) is 14.9 Å². The summed E-state index contributed by atoms with van der Waals surface area (Å²) < 4.78 is 0. The molecule has 0 aromatic heterocycles. The molecule has 0 saturated carbocycles. The zero-order valence-electron chi connectivity index (χ0n) is 12.9. The normalized spacial score (nSPS) is 15.2. The highest BCUT2D eigenvalue weighted by Gasteiger charge is 2.45. The van der Waals surface area contributed by atoms with Crippen molar-refractivity contribution in [2.24, 2.45) is 5.73 Å². The molecular weight excluding hydrogens is 292 g/mol. The van der Waals surface area contributed by atoms with Crippen LogP contribution in [0, 0.1) is 10.1 Å². The Morgan fingerprint density at radius 3 is 2.30 bits per heavy atom. The van der Waals surface area contributed by atoms with Crippen molar-refractivity contribution in [1.29, 1.82) is 0 Å². The SMILES string of the molecule is CCc1ccc([N+](=O)[O-])cc1C1(C(N)=O)Cc2ccccc2C1. The van der Waals surface area contributed by atoms with Crippen LogP contribution in [0.1, 0.15) is 29.2 Å². The minimum atomic E-state index is -0.902. The fraction of sp³-hybridized carbons (Fsp3) is 0.278. The summed E-state index contributed by atoms with van der Waals surface area (Å²) in [6.07, 6.45) is 1.68. The van der Waals surface area contributed by atoms with Crippen LogP contribution in [-0.4, -0.2) is 10.8 Å². The number of hydrogen-bond acceptors (Lipinski definition) is 3. The fourth-order valence-electron chi connectivity index (χ4n) is 3.54. The largest absolute Gasteiger partial charge is 0.369 e. The van der Waals surface area contributed by atoms with Gasteiger partial charge in [-0.2, -0.15) is 0 Å². The number of carbonyl (C=O) groups is 1. The molecule has 0 aliphatic heterocycles. The molecule has 5 heteroatoms. The molecule has 0 radical (unpaired) electrons. The number of hydrogen-bond donors (Lipinski definition) is 1. The first-order valence-corrected chi connectivity index (χ1v) is 7.62. The highest BCUT2D eigenvalue weighted by Crippen LogP contribution is 2.42. The van der Waals surface area contributed by atoms with Crippen molar-refractivity contribution in [3.05, 3.63) is 74.8 Å². The molecule has 2 N–H and O–H groups in total. The van der Waals surface area contributed by atoms with E-state index >= 15 is 0 Å². The number of benzene rings is 2. The topological polar surface area (TPSA) is 86.2 Å². The average Bonchev–Trinajstić information content (AvgIpc) is 2.94. The third-order valence-corrected chi connectivity index (χ3v) is 4.78. The minimum Gasteiger partial charge on any atom is -0.369 e. The van der Waals surface area contributed by atoms with E-state index in [0.29, 0.717) is 24.8 Å². The highest BCUT2D eigenvalue weighted by atomic mass is 16.6. The van der Waals surface area contributed by atoms with Crippen molar-refractivity contribution < 1.29 is 9.72 Å². The van der Waals surface area contributed by atoms with Crippen molar-refractivity contribution in [1.82, 2.24) is 0 Å². The Morgan fingerprint density at radius 2 is 1.83 bits per heavy atom. The fourth-order valence-corrected chi connectivity index (χ4v) is 3.54. The second kappa shape index (κ2) is 5.50. The van der Waals surface area contributed by atoms with Gasteiger partial charge in [0.05, 0.1) is 10.3 Å². The van der Waals surface area contributed by atoms with Crippen LogP contribution in [0.4, 0.5) is 5.69 Å². The van der Waals surface area contributed by atoms with Crippen LogP contribution in [0.5, 0.6) is 0 Å². The molecule has 0 heterocycles. The van der Waals surface area contributed by atoms with Crippen LogP contribution in [0.2, 0.25) is 0 Å². The first kappa shape index (κ1) is 15.2. The van der Waals surface area contributed by atoms with Gasteiger partial charge in [0, 0.05) is 12.1 Å². The number of primary amides is 1. The first-order chi connectivity index (χ1) is 11.0. The molecule has 0 spiro atoms. The molecule has 2 aromatic carbocycles. The minimum absolute atomic E-state index is 0.00576. The van der Waals surface area contributed by atoms with Gasteiger partial charge in [0.15, 0.2) is 0 Å². The summed E-state index contributed by atoms with van der Waals surface area (Å²) >= 11 is 0. The van der Waals surface area contributed by atoms with Crippen molar-refractivity contribution in [2.75, 3.05) is 0 Å². The summed E-state index contributed by atoms with van der Waals surface area (Å²) in [6, 6.07) is 12.6. The van der Waals surface area contributed by atoms with Gasteiger partial charge in [-0.3, -0.25) is 14.9 Å². The number of aryl methyl sites for hydroxylation is 1. The first-order valence-electron chi connectivity index (χ1n) is 7.62. The highest BCUT2D eigenvalue weighted by molar-refractivity contribution is 5.89. The van der Waals surface area contributed by atoms with Crippen molar-refractivity contribution in [2.45, 2.75) is 31.6 Å². The van der Waals surface area contributed by atoms with Crippen LogP contribution < -0.4 is 5.73 Å². The molecule has 118 valence electrons. The number of nitrogens with two attached hydrogens (primary N) is 1. The molecule has 1 amide bonds. The van der Waals surface area contributed by atoms with Gasteiger partial charge in [-0.25, -0.2) is 0 Å². The predicted molar refractivity (Wildman–Crippen MR) is 87.2 cm³/mol. The third kappa shape index (κ3) is 2.38. The van der Waals surface area contributed by atoms with E-state index in [2.05, 4.69) is 0 Å². The summed E-state index contributed by atoms with van der Waals surface area (Å²) in [5.41, 5.74) is 8.67. The third-order valence-electron chi connectivity index (χ3n) is 4.78. The molecule has 0 fully saturated rings. The van der Waals surface area contributed by atoms with Crippen molar-refractivity contribution in [3.63, 3.8) is 0 Å². The Balaban J connectivity index is 2.19. The summed E-state index contributed by atoms with van der Waals surface area (Å²) in [7, 11) is 0. The molecule has 1 aliphatic rings. The standard InChI is InChI=1S/C18H18N2O3/c1-2-12-7-8-15(20(22)23)9-16(12)18(17(19)21)10-13-5-3-4-6-14(13)11-18/h3-9H,2,10-11H2,1H3,(H2,19,21). The molecule has 23 heavy (non-hydrogen) atoms. The quantitative estimate of drug-likeness (QED) is 0.695. The number of nitro groups is 1. The second-order valence-corrected chi connectivity index (χ2v) is 6.02. The van der Waals surface area contributed by atoms with E-state index < -0.39 is 16.2 Å². The lowest BCUT2D eigenvalue weighted by molar-refractivity contribution is -0.385. The molecular formula is C18H18N2O3. The molecule has 0 atom stereocenters. The van der Waals surface area contributed by atoms with Crippen LogP contribution in [-0.2, 0) is 29.5 Å². The van der Waals surface area contributed by atoms with E-state index in [1.165, 1.54) is 12.1 Å². The van der Waals surface area contributed by atoms with E-state index in [1.807, 2.05) is 31.2 Å². The number of non-ortho nitro benzene ring substituents is 1. The van der Waals surface area contributed by atoms with E-state index in [-0.39, 0.29) is 5.69 Å². The van der Waals surface area contributed by atoms with Gasteiger partial charge < -0.3 is 5.73 Å². The van der Waals surface area contributed by atoms with Crippen LogP contribution in [0.25, 0.3) is 0 Å². The predicted octanol–water partition coefficient (Wildman–Crippen LogP) is 2.68. The van der Waals surface area contributed by atoms with E-state index in [4.69, 9.17) is 5.73 Å². The van der Waals surface area contributed by atoms with E-state index in [1.54, 1.807) is 6.07 Å². The zero-order valence-corrected chi connectivity index (χ0v) is 12.9. The van der Waals surface area contributed by atoms with Gasteiger partial charge in [-0.15, -0.1) is 0 Å². The second-order valence-electron chi connectivity index (χ2n) is 6.02. The smallest absolute Gasteiger partial charge is 0.269 e. The summed E-state index contributed by atoms with van der Waals surface area (Å²) in [5, 5.41) is 11.1. The molecule has 2 aromatic rings. The van der Waals surface area contributed by atoms with Crippen molar-refractivity contribution in [3.8, 4) is 0 Å². The van der Waals surface area contributed by atoms with Gasteiger partial charge in [0.2, 0.25) is 5.91 Å². The molecule has 0 bridgehead atoms. The van der Waals surface area contributed by atoms with Gasteiger partial charge in [0.1, 0.15) is 0 Å². The number of carbonyl (C=O) groups excluding carboxylic acids is 1. The zero-order chi connectivity index (χ0) is 16.6. The molecule has 0 saturated heterocycles. The molecule has 0 unspecified atom stereocenters. The van der Waals surface area contributed by atoms with E-state index in [0.717, 1.165) is 16.7 Å². The van der Waals surface area contributed by atoms with Crippen molar-refractivity contribution >= 4 is 11.6 Å². The van der Waals surface area contributed by atoms with Gasteiger partial charge in [-0.1, -0.05) is 37.3 Å². The summed E-state index contributed by atoms with van der Waals surface area (Å²) in [5.74, 6) is -0.427. The Hall–Kier alpha value is -2.69. The lowest BCUT2D eigenvalue weighted by Crippen LogP contribution is -2.42. The van der Waals surface area contributed by atoms with Gasteiger partial charge in [-0.05, 0) is 41.5 Å². The van der Waals surface area contributed by atoms with Gasteiger partial charge >= 0.3 is 0 Å².